The number of amides is 1. The highest BCUT2D eigenvalue weighted by Crippen LogP contribution is 2.29. The number of aromatic hydroxyl groups is 1. The fourth-order valence-electron chi connectivity index (χ4n) is 2.37. The standard InChI is InChI=1S/C18H13BrN2O2S/c19-14-8-2-1-5-13(14)17(23)21-18(24)20-15-9-3-7-12-11(15)6-4-10-16(12)22/h1-10,22H,(H2,20,21,23,24). The summed E-state index contributed by atoms with van der Waals surface area (Å²) in [6.45, 7) is 0. The Balaban J connectivity index is 1.80. The second-order valence-electron chi connectivity index (χ2n) is 5.07. The summed E-state index contributed by atoms with van der Waals surface area (Å²) in [6, 6.07) is 17.8. The van der Waals surface area contributed by atoms with Gasteiger partial charge in [0.15, 0.2) is 5.11 Å². The zero-order chi connectivity index (χ0) is 17.1. The van der Waals surface area contributed by atoms with Gasteiger partial charge in [-0.3, -0.25) is 10.1 Å². The van der Waals surface area contributed by atoms with E-state index in [1.807, 2.05) is 30.3 Å². The van der Waals surface area contributed by atoms with Gasteiger partial charge >= 0.3 is 0 Å². The van der Waals surface area contributed by atoms with Crippen molar-refractivity contribution in [1.29, 1.82) is 0 Å². The summed E-state index contributed by atoms with van der Waals surface area (Å²) in [5.74, 6) is -0.109. The second-order valence-corrected chi connectivity index (χ2v) is 6.33. The highest BCUT2D eigenvalue weighted by Gasteiger charge is 2.12. The Morgan fingerprint density at radius 1 is 0.958 bits per heavy atom. The number of phenolic OH excluding ortho intramolecular Hbond substituents is 1. The van der Waals surface area contributed by atoms with Crippen molar-refractivity contribution in [2.24, 2.45) is 0 Å². The molecule has 0 aliphatic rings. The number of phenols is 1. The van der Waals surface area contributed by atoms with Crippen molar-refractivity contribution in [3.63, 3.8) is 0 Å². The lowest BCUT2D eigenvalue weighted by atomic mass is 10.1. The van der Waals surface area contributed by atoms with Crippen LogP contribution < -0.4 is 10.6 Å². The van der Waals surface area contributed by atoms with E-state index in [9.17, 15) is 9.90 Å². The first-order chi connectivity index (χ1) is 11.6. The Morgan fingerprint density at radius 2 is 1.67 bits per heavy atom. The molecule has 0 spiro atoms. The van der Waals surface area contributed by atoms with E-state index in [0.29, 0.717) is 21.1 Å². The summed E-state index contributed by atoms with van der Waals surface area (Å²) in [6.07, 6.45) is 0. The SMILES string of the molecule is O=C(NC(=S)Nc1cccc2c(O)cccc12)c1ccccc1Br. The van der Waals surface area contributed by atoms with Crippen molar-refractivity contribution < 1.29 is 9.90 Å². The molecule has 0 atom stereocenters. The van der Waals surface area contributed by atoms with Crippen LogP contribution in [0.1, 0.15) is 10.4 Å². The molecule has 0 aliphatic carbocycles. The topological polar surface area (TPSA) is 61.4 Å². The van der Waals surface area contributed by atoms with Crippen LogP contribution in [0.4, 0.5) is 5.69 Å². The number of thiocarbonyl (C=S) groups is 1. The van der Waals surface area contributed by atoms with Gasteiger partial charge in [-0.25, -0.2) is 0 Å². The first-order valence-corrected chi connectivity index (χ1v) is 8.34. The van der Waals surface area contributed by atoms with Gasteiger partial charge in [0.1, 0.15) is 5.75 Å². The minimum atomic E-state index is -0.303. The molecule has 1 amide bonds. The fourth-order valence-corrected chi connectivity index (χ4v) is 3.04. The third-order valence-corrected chi connectivity index (χ3v) is 4.39. The number of rotatable bonds is 2. The normalized spacial score (nSPS) is 10.4. The van der Waals surface area contributed by atoms with Crippen molar-refractivity contribution in [2.75, 3.05) is 5.32 Å². The van der Waals surface area contributed by atoms with Crippen LogP contribution in [0.2, 0.25) is 0 Å². The minimum absolute atomic E-state index is 0.187. The van der Waals surface area contributed by atoms with Crippen molar-refractivity contribution >= 4 is 55.6 Å². The molecule has 120 valence electrons. The molecule has 3 N–H and O–H groups in total. The molecule has 0 heterocycles. The Labute approximate surface area is 152 Å². The Morgan fingerprint density at radius 3 is 2.46 bits per heavy atom. The molecule has 0 saturated carbocycles. The maximum absolute atomic E-state index is 12.3. The molecular weight excluding hydrogens is 388 g/mol. The second kappa shape index (κ2) is 6.98. The van der Waals surface area contributed by atoms with Crippen LogP contribution in [0.15, 0.2) is 65.1 Å². The van der Waals surface area contributed by atoms with Gasteiger partial charge in [0.05, 0.1) is 5.56 Å². The van der Waals surface area contributed by atoms with Gasteiger partial charge in [-0.15, -0.1) is 0 Å². The maximum Gasteiger partial charge on any atom is 0.258 e. The van der Waals surface area contributed by atoms with Crippen molar-refractivity contribution in [2.45, 2.75) is 0 Å². The predicted octanol–water partition coefficient (Wildman–Crippen LogP) is 4.43. The summed E-state index contributed by atoms with van der Waals surface area (Å²) < 4.78 is 0.695. The summed E-state index contributed by atoms with van der Waals surface area (Å²) in [5, 5.41) is 17.3. The van der Waals surface area contributed by atoms with E-state index >= 15 is 0 Å². The van der Waals surface area contributed by atoms with Crippen molar-refractivity contribution in [3.05, 3.63) is 70.7 Å². The lowest BCUT2D eigenvalue weighted by molar-refractivity contribution is 0.0977. The number of nitrogens with one attached hydrogen (secondary N) is 2. The van der Waals surface area contributed by atoms with Crippen LogP contribution in [0.25, 0.3) is 10.8 Å². The number of carbonyl (C=O) groups excluding carboxylic acids is 1. The molecule has 3 rings (SSSR count). The van der Waals surface area contributed by atoms with Crippen LogP contribution in [-0.4, -0.2) is 16.1 Å². The van der Waals surface area contributed by atoms with E-state index < -0.39 is 0 Å². The van der Waals surface area contributed by atoms with Crippen LogP contribution in [0.3, 0.4) is 0 Å². The third kappa shape index (κ3) is 3.39. The number of carbonyl (C=O) groups is 1. The van der Waals surface area contributed by atoms with Crippen LogP contribution in [0.5, 0.6) is 5.75 Å². The van der Waals surface area contributed by atoms with Gasteiger partial charge in [-0.1, -0.05) is 36.4 Å². The van der Waals surface area contributed by atoms with E-state index in [2.05, 4.69) is 26.6 Å². The Bertz CT molecular complexity index is 943. The average molecular weight is 401 g/mol. The summed E-state index contributed by atoms with van der Waals surface area (Å²) in [4.78, 5) is 12.3. The van der Waals surface area contributed by atoms with Crippen LogP contribution in [0, 0.1) is 0 Å². The van der Waals surface area contributed by atoms with Gasteiger partial charge in [-0.2, -0.15) is 0 Å². The zero-order valence-corrected chi connectivity index (χ0v) is 14.8. The zero-order valence-electron chi connectivity index (χ0n) is 12.4. The van der Waals surface area contributed by atoms with E-state index in [4.69, 9.17) is 12.2 Å². The summed E-state index contributed by atoms with van der Waals surface area (Å²) >= 11 is 8.57. The lowest BCUT2D eigenvalue weighted by Crippen LogP contribution is -2.34. The molecule has 0 radical (unpaired) electrons. The lowest BCUT2D eigenvalue weighted by Gasteiger charge is -2.13. The number of fused-ring (bicyclic) bond motifs is 1. The highest BCUT2D eigenvalue weighted by atomic mass is 79.9. The van der Waals surface area contributed by atoms with E-state index in [1.54, 1.807) is 30.3 Å². The molecule has 3 aromatic carbocycles. The first kappa shape index (κ1) is 16.4. The van der Waals surface area contributed by atoms with E-state index in [-0.39, 0.29) is 16.8 Å². The number of benzene rings is 3. The molecule has 4 nitrogen and oxygen atoms in total. The number of anilines is 1. The fraction of sp³-hybridized carbons (Fsp3) is 0. The molecule has 6 heteroatoms. The first-order valence-electron chi connectivity index (χ1n) is 7.14. The number of hydrogen-bond acceptors (Lipinski definition) is 3. The smallest absolute Gasteiger partial charge is 0.258 e. The molecular formula is C18H13BrN2O2S. The largest absolute Gasteiger partial charge is 0.507 e. The monoisotopic (exact) mass is 400 g/mol. The van der Waals surface area contributed by atoms with E-state index in [1.165, 1.54) is 0 Å². The predicted molar refractivity (Wildman–Crippen MR) is 103 cm³/mol. The number of hydrogen-bond donors (Lipinski definition) is 3. The van der Waals surface area contributed by atoms with Gasteiger partial charge in [0, 0.05) is 20.9 Å². The summed E-state index contributed by atoms with van der Waals surface area (Å²) in [5.41, 5.74) is 1.21. The number of halogens is 1. The highest BCUT2D eigenvalue weighted by molar-refractivity contribution is 9.10. The molecule has 0 aromatic heterocycles. The third-order valence-electron chi connectivity index (χ3n) is 3.49. The van der Waals surface area contributed by atoms with E-state index in [0.717, 1.165) is 5.39 Å². The van der Waals surface area contributed by atoms with Gasteiger partial charge in [-0.05, 0) is 52.4 Å². The molecule has 0 unspecified atom stereocenters. The van der Waals surface area contributed by atoms with Crippen LogP contribution >= 0.6 is 28.1 Å². The molecule has 24 heavy (non-hydrogen) atoms. The molecule has 3 aromatic rings. The average Bonchev–Trinajstić information content (AvgIpc) is 2.56. The van der Waals surface area contributed by atoms with Crippen molar-refractivity contribution in [1.82, 2.24) is 5.32 Å². The van der Waals surface area contributed by atoms with Crippen LogP contribution in [-0.2, 0) is 0 Å². The quantitative estimate of drug-likeness (QED) is 0.556. The Kier molecular flexibility index (Phi) is 4.78. The van der Waals surface area contributed by atoms with Crippen molar-refractivity contribution in [3.8, 4) is 5.75 Å². The van der Waals surface area contributed by atoms with Gasteiger partial charge in [0.2, 0.25) is 0 Å². The molecule has 0 aliphatic heterocycles. The molecule has 0 bridgehead atoms. The maximum atomic E-state index is 12.3. The van der Waals surface area contributed by atoms with Gasteiger partial charge in [0.25, 0.3) is 5.91 Å². The van der Waals surface area contributed by atoms with Gasteiger partial charge < -0.3 is 10.4 Å². The minimum Gasteiger partial charge on any atom is -0.507 e. The molecule has 0 fully saturated rings. The Hall–Kier alpha value is -2.44. The summed E-state index contributed by atoms with van der Waals surface area (Å²) in [7, 11) is 0. The molecule has 0 saturated heterocycles.